The normalized spacial score (nSPS) is 11.1. The maximum atomic E-state index is 12.8. The van der Waals surface area contributed by atoms with Crippen LogP contribution >= 0.6 is 11.6 Å². The first-order chi connectivity index (χ1) is 14.1. The van der Waals surface area contributed by atoms with E-state index in [1.54, 1.807) is 13.0 Å². The Balaban J connectivity index is 1.44. The van der Waals surface area contributed by atoms with Gasteiger partial charge in [-0.3, -0.25) is 4.79 Å². The second-order valence-electron chi connectivity index (χ2n) is 7.05. The van der Waals surface area contributed by atoms with E-state index in [0.717, 1.165) is 13.0 Å². The smallest absolute Gasteiger partial charge is 0.257 e. The van der Waals surface area contributed by atoms with Gasteiger partial charge in [-0.2, -0.15) is 0 Å². The van der Waals surface area contributed by atoms with Crippen LogP contribution < -0.4 is 5.32 Å². The summed E-state index contributed by atoms with van der Waals surface area (Å²) in [5.74, 6) is 0.275. The summed E-state index contributed by atoms with van der Waals surface area (Å²) in [5.41, 5.74) is 4.02. The number of halogens is 1. The molecule has 2 heterocycles. The van der Waals surface area contributed by atoms with Crippen LogP contribution in [0, 0.1) is 13.8 Å². The van der Waals surface area contributed by atoms with Gasteiger partial charge in [-0.25, -0.2) is 0 Å². The van der Waals surface area contributed by atoms with Gasteiger partial charge in [0.05, 0.1) is 5.02 Å². The predicted molar refractivity (Wildman–Crippen MR) is 115 cm³/mol. The zero-order valence-electron chi connectivity index (χ0n) is 16.4. The maximum absolute atomic E-state index is 12.8. The van der Waals surface area contributed by atoms with E-state index in [-0.39, 0.29) is 5.91 Å². The molecule has 4 rings (SSSR count). The average molecular weight is 408 g/mol. The Hall–Kier alpha value is -3.05. The molecule has 0 radical (unpaired) electrons. The molecular formula is C23H22ClN3O2. The minimum Gasteiger partial charge on any atom is -0.360 e. The second kappa shape index (κ2) is 8.13. The number of carbonyl (C=O) groups excluding carboxylic acids is 1. The molecule has 0 spiro atoms. The monoisotopic (exact) mass is 407 g/mol. The number of amides is 1. The highest BCUT2D eigenvalue weighted by atomic mass is 35.5. The van der Waals surface area contributed by atoms with Crippen molar-refractivity contribution in [3.8, 4) is 11.3 Å². The quantitative estimate of drug-likeness (QED) is 0.436. The van der Waals surface area contributed by atoms with E-state index in [1.807, 2.05) is 30.3 Å². The largest absolute Gasteiger partial charge is 0.360 e. The molecule has 6 heteroatoms. The van der Waals surface area contributed by atoms with Crippen molar-refractivity contribution in [3.63, 3.8) is 0 Å². The van der Waals surface area contributed by atoms with Crippen LogP contribution in [-0.2, 0) is 6.54 Å². The average Bonchev–Trinajstić information content (AvgIpc) is 3.25. The first kappa shape index (κ1) is 19.3. The third-order valence-electron chi connectivity index (χ3n) is 5.08. The fraction of sp³-hybridized carbons (Fsp3) is 0.217. The lowest BCUT2D eigenvalue weighted by Crippen LogP contribution is -2.26. The van der Waals surface area contributed by atoms with Crippen molar-refractivity contribution in [3.05, 3.63) is 76.6 Å². The molecule has 0 saturated heterocycles. The van der Waals surface area contributed by atoms with Gasteiger partial charge in [0.15, 0.2) is 0 Å². The molecule has 0 aliphatic carbocycles. The summed E-state index contributed by atoms with van der Waals surface area (Å²) < 4.78 is 7.56. The van der Waals surface area contributed by atoms with Gasteiger partial charge in [0.2, 0.25) is 0 Å². The first-order valence-corrected chi connectivity index (χ1v) is 9.98. The Morgan fingerprint density at radius 1 is 1.14 bits per heavy atom. The van der Waals surface area contributed by atoms with Gasteiger partial charge < -0.3 is 14.4 Å². The van der Waals surface area contributed by atoms with Gasteiger partial charge in [0, 0.05) is 29.9 Å². The SMILES string of the molecule is Cc1onc(-c2ccccc2Cl)c1C(=O)NCCCn1c(C)cc2ccccc21. The summed E-state index contributed by atoms with van der Waals surface area (Å²) in [6.07, 6.45) is 0.816. The van der Waals surface area contributed by atoms with Gasteiger partial charge in [0.25, 0.3) is 5.91 Å². The first-order valence-electron chi connectivity index (χ1n) is 9.60. The summed E-state index contributed by atoms with van der Waals surface area (Å²) in [5, 5.41) is 8.82. The highest BCUT2D eigenvalue weighted by molar-refractivity contribution is 6.33. The van der Waals surface area contributed by atoms with Crippen molar-refractivity contribution in [1.29, 1.82) is 0 Å². The molecule has 148 valence electrons. The molecule has 0 atom stereocenters. The summed E-state index contributed by atoms with van der Waals surface area (Å²) in [6, 6.07) is 17.8. The number of para-hydroxylation sites is 1. The molecule has 2 aromatic carbocycles. The number of hydrogen-bond acceptors (Lipinski definition) is 3. The molecule has 0 aliphatic heterocycles. The summed E-state index contributed by atoms with van der Waals surface area (Å²) >= 11 is 6.27. The topological polar surface area (TPSA) is 60.1 Å². The molecule has 0 unspecified atom stereocenters. The zero-order valence-corrected chi connectivity index (χ0v) is 17.2. The van der Waals surface area contributed by atoms with E-state index in [4.69, 9.17) is 16.1 Å². The van der Waals surface area contributed by atoms with Crippen LogP contribution in [0.1, 0.15) is 28.2 Å². The Morgan fingerprint density at radius 2 is 1.90 bits per heavy atom. The Morgan fingerprint density at radius 3 is 2.72 bits per heavy atom. The fourth-order valence-electron chi connectivity index (χ4n) is 3.65. The standard InChI is InChI=1S/C23H22ClN3O2/c1-15-14-17-8-3-6-11-20(17)27(15)13-7-12-25-23(28)21-16(2)29-26-22(21)18-9-4-5-10-19(18)24/h3-6,8-11,14H,7,12-13H2,1-2H3,(H,25,28). The molecule has 0 aliphatic rings. The van der Waals surface area contributed by atoms with Crippen molar-refractivity contribution in [2.24, 2.45) is 0 Å². The summed E-state index contributed by atoms with van der Waals surface area (Å²) in [4.78, 5) is 12.8. The third-order valence-corrected chi connectivity index (χ3v) is 5.41. The lowest BCUT2D eigenvalue weighted by Gasteiger charge is -2.10. The number of benzene rings is 2. The van der Waals surface area contributed by atoms with Gasteiger partial charge in [-0.15, -0.1) is 0 Å². The van der Waals surface area contributed by atoms with E-state index in [1.165, 1.54) is 16.6 Å². The highest BCUT2D eigenvalue weighted by Crippen LogP contribution is 2.30. The Bertz CT molecular complexity index is 1180. The highest BCUT2D eigenvalue weighted by Gasteiger charge is 2.22. The van der Waals surface area contributed by atoms with Crippen LogP contribution in [0.25, 0.3) is 22.2 Å². The van der Waals surface area contributed by atoms with Crippen LogP contribution in [-0.4, -0.2) is 22.2 Å². The molecular weight excluding hydrogens is 386 g/mol. The van der Waals surface area contributed by atoms with Crippen LogP contribution in [0.15, 0.2) is 59.1 Å². The second-order valence-corrected chi connectivity index (χ2v) is 7.46. The van der Waals surface area contributed by atoms with Crippen molar-refractivity contribution in [2.45, 2.75) is 26.8 Å². The number of fused-ring (bicyclic) bond motifs is 1. The van der Waals surface area contributed by atoms with E-state index in [9.17, 15) is 4.79 Å². The van der Waals surface area contributed by atoms with Gasteiger partial charge in [0.1, 0.15) is 17.0 Å². The van der Waals surface area contributed by atoms with E-state index in [0.29, 0.717) is 34.1 Å². The van der Waals surface area contributed by atoms with Crippen LogP contribution in [0.2, 0.25) is 5.02 Å². The van der Waals surface area contributed by atoms with Crippen molar-refractivity contribution >= 4 is 28.4 Å². The fourth-order valence-corrected chi connectivity index (χ4v) is 3.87. The molecule has 4 aromatic rings. The molecule has 5 nitrogen and oxygen atoms in total. The van der Waals surface area contributed by atoms with E-state index < -0.39 is 0 Å². The Kier molecular flexibility index (Phi) is 5.41. The maximum Gasteiger partial charge on any atom is 0.257 e. The van der Waals surface area contributed by atoms with E-state index in [2.05, 4.69) is 40.2 Å². The molecule has 1 amide bonds. The van der Waals surface area contributed by atoms with Gasteiger partial charge in [-0.1, -0.05) is 53.2 Å². The van der Waals surface area contributed by atoms with Crippen molar-refractivity contribution in [2.75, 3.05) is 6.54 Å². The number of rotatable bonds is 6. The molecule has 29 heavy (non-hydrogen) atoms. The molecule has 0 bridgehead atoms. The van der Waals surface area contributed by atoms with Gasteiger partial charge >= 0.3 is 0 Å². The zero-order chi connectivity index (χ0) is 20.4. The van der Waals surface area contributed by atoms with Crippen LogP contribution in [0.5, 0.6) is 0 Å². The minimum atomic E-state index is -0.201. The minimum absolute atomic E-state index is 0.201. The number of hydrogen-bond donors (Lipinski definition) is 1. The third kappa shape index (κ3) is 3.78. The van der Waals surface area contributed by atoms with Crippen molar-refractivity contribution < 1.29 is 9.32 Å². The van der Waals surface area contributed by atoms with Crippen LogP contribution in [0.4, 0.5) is 0 Å². The number of nitrogens with one attached hydrogen (secondary N) is 1. The number of aromatic nitrogens is 2. The molecule has 2 aromatic heterocycles. The predicted octanol–water partition coefficient (Wildman–Crippen LogP) is 5.39. The van der Waals surface area contributed by atoms with Crippen LogP contribution in [0.3, 0.4) is 0 Å². The number of aryl methyl sites for hydroxylation is 3. The molecule has 0 fully saturated rings. The lowest BCUT2D eigenvalue weighted by atomic mass is 10.1. The molecule has 0 saturated carbocycles. The summed E-state index contributed by atoms with van der Waals surface area (Å²) in [6.45, 7) is 5.23. The number of nitrogens with zero attached hydrogens (tertiary/aromatic N) is 2. The summed E-state index contributed by atoms with van der Waals surface area (Å²) in [7, 11) is 0. The molecule has 1 N–H and O–H groups in total. The van der Waals surface area contributed by atoms with E-state index >= 15 is 0 Å². The lowest BCUT2D eigenvalue weighted by molar-refractivity contribution is 0.0952. The van der Waals surface area contributed by atoms with Crippen molar-refractivity contribution in [1.82, 2.24) is 15.0 Å². The van der Waals surface area contributed by atoms with Gasteiger partial charge in [-0.05, 0) is 43.9 Å². The number of carbonyl (C=O) groups is 1. The Labute approximate surface area is 174 Å².